The maximum absolute atomic E-state index is 14.4. The van der Waals surface area contributed by atoms with E-state index in [1.54, 1.807) is 13.0 Å². The molecule has 2 unspecified atom stereocenters. The van der Waals surface area contributed by atoms with E-state index in [0.717, 1.165) is 18.8 Å². The lowest BCUT2D eigenvalue weighted by Crippen LogP contribution is -2.33. The topological polar surface area (TPSA) is 18.5 Å². The molecule has 1 aliphatic carbocycles. The normalized spacial score (nSPS) is 31.0. The minimum atomic E-state index is -0.877. The molecule has 1 aliphatic heterocycles. The molecule has 1 aromatic rings. The van der Waals surface area contributed by atoms with Gasteiger partial charge in [-0.1, -0.05) is 25.8 Å². The summed E-state index contributed by atoms with van der Waals surface area (Å²) in [7, 11) is 0. The fourth-order valence-corrected chi connectivity index (χ4v) is 4.18. The lowest BCUT2D eigenvalue weighted by atomic mass is 9.77. The Labute approximate surface area is 143 Å². The summed E-state index contributed by atoms with van der Waals surface area (Å²) in [6.07, 6.45) is 7.15. The van der Waals surface area contributed by atoms with E-state index < -0.39 is 11.6 Å². The van der Waals surface area contributed by atoms with E-state index in [2.05, 4.69) is 6.92 Å². The molecule has 2 nitrogen and oxygen atoms in total. The van der Waals surface area contributed by atoms with Gasteiger partial charge in [-0.05, 0) is 56.1 Å². The zero-order valence-corrected chi connectivity index (χ0v) is 14.7. The highest BCUT2D eigenvalue weighted by Gasteiger charge is 2.32. The molecule has 1 saturated heterocycles. The van der Waals surface area contributed by atoms with Gasteiger partial charge in [-0.15, -0.1) is 0 Å². The van der Waals surface area contributed by atoms with Gasteiger partial charge in [0.05, 0.1) is 19.3 Å². The van der Waals surface area contributed by atoms with E-state index >= 15 is 0 Å². The number of hydrogen-bond donors (Lipinski definition) is 0. The summed E-state index contributed by atoms with van der Waals surface area (Å²) in [5.74, 6) is -0.251. The smallest absolute Gasteiger partial charge is 0.200 e. The predicted molar refractivity (Wildman–Crippen MR) is 90.4 cm³/mol. The molecule has 0 spiro atoms. The number of hydrogen-bond acceptors (Lipinski definition) is 2. The first-order chi connectivity index (χ1) is 11.6. The summed E-state index contributed by atoms with van der Waals surface area (Å²) in [5, 5.41) is 0. The van der Waals surface area contributed by atoms with Crippen LogP contribution in [0.25, 0.3) is 0 Å². The quantitative estimate of drug-likeness (QED) is 0.726. The van der Waals surface area contributed by atoms with Gasteiger partial charge in [-0.25, -0.2) is 4.39 Å². The fourth-order valence-electron chi connectivity index (χ4n) is 4.18. The van der Waals surface area contributed by atoms with Crippen LogP contribution in [0.4, 0.5) is 8.78 Å². The fraction of sp³-hybridized carbons (Fsp3) is 0.700. The SMILES string of the molecule is CCOc1ccc(C2CCC(C3CCC(C)CC3)OC2)c(F)c1F. The lowest BCUT2D eigenvalue weighted by Gasteiger charge is -2.37. The first-order valence-electron chi connectivity index (χ1n) is 9.32. The standard InChI is InChI=1S/C20H28F2O2/c1-3-23-18-11-9-16(19(21)20(18)22)15-8-10-17(24-12-15)14-6-4-13(2)5-7-14/h9,11,13-15,17H,3-8,10,12H2,1-2H3. The van der Waals surface area contributed by atoms with Gasteiger partial charge in [0.2, 0.25) is 5.82 Å². The van der Waals surface area contributed by atoms with Crippen LogP contribution in [0.3, 0.4) is 0 Å². The van der Waals surface area contributed by atoms with Gasteiger partial charge in [0, 0.05) is 5.92 Å². The van der Waals surface area contributed by atoms with Crippen molar-refractivity contribution in [3.63, 3.8) is 0 Å². The van der Waals surface area contributed by atoms with E-state index in [0.29, 0.717) is 30.8 Å². The molecule has 2 aliphatic rings. The first-order valence-corrected chi connectivity index (χ1v) is 9.32. The molecule has 24 heavy (non-hydrogen) atoms. The van der Waals surface area contributed by atoms with Crippen molar-refractivity contribution in [1.82, 2.24) is 0 Å². The maximum Gasteiger partial charge on any atom is 0.200 e. The maximum atomic E-state index is 14.4. The summed E-state index contributed by atoms with van der Waals surface area (Å²) in [6, 6.07) is 3.19. The van der Waals surface area contributed by atoms with E-state index in [1.807, 2.05) is 0 Å². The summed E-state index contributed by atoms with van der Waals surface area (Å²) < 4.78 is 39.6. The largest absolute Gasteiger partial charge is 0.491 e. The average molecular weight is 338 g/mol. The summed E-state index contributed by atoms with van der Waals surface area (Å²) in [4.78, 5) is 0. The van der Waals surface area contributed by atoms with E-state index in [4.69, 9.17) is 9.47 Å². The third kappa shape index (κ3) is 3.74. The van der Waals surface area contributed by atoms with E-state index in [9.17, 15) is 8.78 Å². The zero-order chi connectivity index (χ0) is 17.1. The Morgan fingerprint density at radius 1 is 1.04 bits per heavy atom. The second kappa shape index (κ2) is 7.81. The molecular formula is C20H28F2O2. The molecule has 0 aromatic heterocycles. The van der Waals surface area contributed by atoms with Crippen LogP contribution in [0.1, 0.15) is 63.9 Å². The van der Waals surface area contributed by atoms with Crippen molar-refractivity contribution in [3.05, 3.63) is 29.3 Å². The summed E-state index contributed by atoms with van der Waals surface area (Å²) in [5.41, 5.74) is 0.423. The second-order valence-electron chi connectivity index (χ2n) is 7.38. The Morgan fingerprint density at radius 3 is 2.42 bits per heavy atom. The predicted octanol–water partition coefficient (Wildman–Crippen LogP) is 5.45. The highest BCUT2D eigenvalue weighted by atomic mass is 19.2. The molecule has 1 heterocycles. The molecule has 0 amide bonds. The van der Waals surface area contributed by atoms with Gasteiger partial charge in [0.15, 0.2) is 11.6 Å². The average Bonchev–Trinajstić information content (AvgIpc) is 2.60. The molecule has 1 saturated carbocycles. The first kappa shape index (κ1) is 17.7. The summed E-state index contributed by atoms with van der Waals surface area (Å²) in [6.45, 7) is 4.88. The molecule has 0 bridgehead atoms. The van der Waals surface area contributed by atoms with Crippen LogP contribution in [0.2, 0.25) is 0 Å². The van der Waals surface area contributed by atoms with Crippen LogP contribution in [0.15, 0.2) is 12.1 Å². The van der Waals surface area contributed by atoms with Crippen LogP contribution < -0.4 is 4.74 Å². The Balaban J connectivity index is 1.61. The monoisotopic (exact) mass is 338 g/mol. The molecule has 2 atom stereocenters. The van der Waals surface area contributed by atoms with Gasteiger partial charge in [-0.3, -0.25) is 0 Å². The summed E-state index contributed by atoms with van der Waals surface area (Å²) >= 11 is 0. The van der Waals surface area contributed by atoms with Crippen LogP contribution in [-0.2, 0) is 4.74 Å². The molecule has 0 radical (unpaired) electrons. The molecule has 0 N–H and O–H groups in total. The van der Waals surface area contributed by atoms with Gasteiger partial charge in [0.25, 0.3) is 0 Å². The molecule has 1 aromatic carbocycles. The second-order valence-corrected chi connectivity index (χ2v) is 7.38. The van der Waals surface area contributed by atoms with Crippen LogP contribution in [0.5, 0.6) is 5.75 Å². The third-order valence-electron chi connectivity index (χ3n) is 5.71. The van der Waals surface area contributed by atoms with Crippen LogP contribution >= 0.6 is 0 Å². The Kier molecular flexibility index (Phi) is 5.75. The Hall–Kier alpha value is -1.16. The molecule has 4 heteroatoms. The van der Waals surface area contributed by atoms with E-state index in [1.165, 1.54) is 31.7 Å². The Bertz CT molecular complexity index is 545. The minimum Gasteiger partial charge on any atom is -0.491 e. The van der Waals surface area contributed by atoms with Crippen molar-refractivity contribution in [2.45, 2.75) is 64.4 Å². The third-order valence-corrected chi connectivity index (χ3v) is 5.71. The van der Waals surface area contributed by atoms with Crippen molar-refractivity contribution in [3.8, 4) is 5.75 Å². The van der Waals surface area contributed by atoms with Crippen LogP contribution in [0, 0.1) is 23.5 Å². The number of halogens is 2. The minimum absolute atomic E-state index is 0.00956. The number of rotatable bonds is 4. The van der Waals surface area contributed by atoms with Gasteiger partial charge >= 0.3 is 0 Å². The molecule has 3 rings (SSSR count). The number of benzene rings is 1. The molecule has 134 valence electrons. The highest BCUT2D eigenvalue weighted by molar-refractivity contribution is 5.33. The lowest BCUT2D eigenvalue weighted by molar-refractivity contribution is -0.0432. The van der Waals surface area contributed by atoms with Crippen molar-refractivity contribution in [1.29, 1.82) is 0 Å². The van der Waals surface area contributed by atoms with Gasteiger partial charge < -0.3 is 9.47 Å². The number of ether oxygens (including phenoxy) is 2. The Morgan fingerprint density at radius 2 is 1.79 bits per heavy atom. The molecule has 2 fully saturated rings. The molecular weight excluding hydrogens is 310 g/mol. The van der Waals surface area contributed by atoms with Crippen molar-refractivity contribution < 1.29 is 18.3 Å². The van der Waals surface area contributed by atoms with Crippen molar-refractivity contribution in [2.75, 3.05) is 13.2 Å². The zero-order valence-electron chi connectivity index (χ0n) is 14.7. The van der Waals surface area contributed by atoms with Crippen molar-refractivity contribution >= 4 is 0 Å². The van der Waals surface area contributed by atoms with Gasteiger partial charge in [-0.2, -0.15) is 4.39 Å². The highest BCUT2D eigenvalue weighted by Crippen LogP contribution is 2.39. The van der Waals surface area contributed by atoms with E-state index in [-0.39, 0.29) is 11.7 Å². The van der Waals surface area contributed by atoms with Gasteiger partial charge in [0.1, 0.15) is 0 Å². The van der Waals surface area contributed by atoms with Crippen LogP contribution in [-0.4, -0.2) is 19.3 Å². The van der Waals surface area contributed by atoms with Crippen molar-refractivity contribution in [2.24, 2.45) is 11.8 Å².